The van der Waals surface area contributed by atoms with Crippen LogP contribution in [0.25, 0.3) is 0 Å². The molecule has 0 amide bonds. The molecule has 1 N–H and O–H groups in total. The maximum Gasteiger partial charge on any atom is 0.0177 e. The number of hydrogen-bond acceptors (Lipinski definition) is 2. The Morgan fingerprint density at radius 3 is 2.50 bits per heavy atom. The van der Waals surface area contributed by atoms with E-state index in [2.05, 4.69) is 31.1 Å². The third-order valence-electron chi connectivity index (χ3n) is 2.88. The van der Waals surface area contributed by atoms with Crippen LogP contribution in [-0.2, 0) is 0 Å². The van der Waals surface area contributed by atoms with E-state index in [-0.39, 0.29) is 0 Å². The van der Waals surface area contributed by atoms with Crippen LogP contribution in [-0.4, -0.2) is 37.1 Å². The van der Waals surface area contributed by atoms with Gasteiger partial charge in [-0.05, 0) is 52.9 Å². The first-order chi connectivity index (χ1) is 5.66. The second-order valence-electron chi connectivity index (χ2n) is 4.29. The van der Waals surface area contributed by atoms with Crippen LogP contribution in [0.4, 0.5) is 0 Å². The van der Waals surface area contributed by atoms with Crippen molar-refractivity contribution < 1.29 is 0 Å². The summed E-state index contributed by atoms with van der Waals surface area (Å²) in [5.74, 6) is 0. The van der Waals surface area contributed by atoms with E-state index in [1.165, 1.54) is 38.9 Å². The van der Waals surface area contributed by atoms with E-state index >= 15 is 0 Å². The fraction of sp³-hybridized carbons (Fsp3) is 1.00. The summed E-state index contributed by atoms with van der Waals surface area (Å²) in [4.78, 5) is 2.42. The van der Waals surface area contributed by atoms with Gasteiger partial charge in [0.15, 0.2) is 0 Å². The average Bonchev–Trinajstić information content (AvgIpc) is 1.98. The van der Waals surface area contributed by atoms with Crippen LogP contribution >= 0.6 is 0 Å². The van der Waals surface area contributed by atoms with Crippen molar-refractivity contribution in [3.8, 4) is 0 Å². The first kappa shape index (κ1) is 10.0. The predicted molar refractivity (Wildman–Crippen MR) is 53.4 cm³/mol. The molecule has 1 unspecified atom stereocenters. The Hall–Kier alpha value is -0.0800. The van der Waals surface area contributed by atoms with Gasteiger partial charge in [0.1, 0.15) is 0 Å². The summed E-state index contributed by atoms with van der Waals surface area (Å²) in [7, 11) is 2.21. The Labute approximate surface area is 76.3 Å². The van der Waals surface area contributed by atoms with E-state index < -0.39 is 0 Å². The second-order valence-corrected chi connectivity index (χ2v) is 4.29. The maximum atomic E-state index is 3.49. The molecule has 1 aliphatic heterocycles. The number of rotatable bonds is 5. The minimum Gasteiger partial charge on any atom is -0.311 e. The van der Waals surface area contributed by atoms with E-state index in [1.54, 1.807) is 0 Å². The molecule has 0 radical (unpaired) electrons. The molecule has 1 heterocycles. The lowest BCUT2D eigenvalue weighted by Crippen LogP contribution is -2.55. The van der Waals surface area contributed by atoms with Crippen LogP contribution < -0.4 is 5.32 Å². The van der Waals surface area contributed by atoms with E-state index in [1.807, 2.05) is 0 Å². The highest BCUT2D eigenvalue weighted by Crippen LogP contribution is 2.21. The van der Waals surface area contributed by atoms with Gasteiger partial charge in [-0.2, -0.15) is 0 Å². The molecule has 2 nitrogen and oxygen atoms in total. The van der Waals surface area contributed by atoms with Gasteiger partial charge in [-0.3, -0.25) is 0 Å². The lowest BCUT2D eigenvalue weighted by molar-refractivity contribution is 0.185. The maximum absolute atomic E-state index is 3.49. The molecule has 2 heteroatoms. The zero-order valence-corrected chi connectivity index (χ0v) is 8.69. The van der Waals surface area contributed by atoms with Crippen LogP contribution in [0.1, 0.15) is 33.1 Å². The monoisotopic (exact) mass is 170 g/mol. The van der Waals surface area contributed by atoms with Crippen molar-refractivity contribution in [2.24, 2.45) is 0 Å². The number of nitrogens with zero attached hydrogens (tertiary/aromatic N) is 1. The van der Waals surface area contributed by atoms with Crippen LogP contribution in [0.15, 0.2) is 0 Å². The molecular weight excluding hydrogens is 148 g/mol. The van der Waals surface area contributed by atoms with Gasteiger partial charge in [0.05, 0.1) is 0 Å². The third-order valence-corrected chi connectivity index (χ3v) is 2.88. The normalized spacial score (nSPS) is 29.0. The van der Waals surface area contributed by atoms with Gasteiger partial charge in [0.2, 0.25) is 0 Å². The minimum atomic E-state index is 0.460. The molecule has 0 aliphatic carbocycles. The predicted octanol–water partition coefficient (Wildman–Crippen LogP) is 1.47. The van der Waals surface area contributed by atoms with Crippen LogP contribution in [0.3, 0.4) is 0 Å². The molecule has 0 aromatic rings. The standard InChI is InChI=1S/C10H22N2/c1-4-8-12(3)9-6-10(2)5-7-11-10/h11H,4-9H2,1-3H3. The molecule has 0 bridgehead atoms. The second kappa shape index (κ2) is 4.24. The fourth-order valence-corrected chi connectivity index (χ4v) is 1.70. The molecule has 0 aromatic heterocycles. The van der Waals surface area contributed by atoms with Crippen molar-refractivity contribution in [2.75, 3.05) is 26.7 Å². The van der Waals surface area contributed by atoms with Crippen LogP contribution in [0, 0.1) is 0 Å². The molecule has 0 spiro atoms. The highest BCUT2D eigenvalue weighted by Gasteiger charge is 2.30. The highest BCUT2D eigenvalue weighted by molar-refractivity contribution is 4.92. The van der Waals surface area contributed by atoms with Crippen molar-refractivity contribution in [1.29, 1.82) is 0 Å². The summed E-state index contributed by atoms with van der Waals surface area (Å²) in [6.07, 6.45) is 3.91. The fourth-order valence-electron chi connectivity index (χ4n) is 1.70. The number of hydrogen-bond donors (Lipinski definition) is 1. The molecule has 1 atom stereocenters. The smallest absolute Gasteiger partial charge is 0.0177 e. The molecular formula is C10H22N2. The van der Waals surface area contributed by atoms with Gasteiger partial charge in [-0.15, -0.1) is 0 Å². The third kappa shape index (κ3) is 2.76. The minimum absolute atomic E-state index is 0.460. The Balaban J connectivity index is 2.07. The molecule has 1 fully saturated rings. The Bertz CT molecular complexity index is 130. The zero-order valence-electron chi connectivity index (χ0n) is 8.69. The van der Waals surface area contributed by atoms with E-state index in [0.717, 1.165) is 0 Å². The highest BCUT2D eigenvalue weighted by atomic mass is 15.1. The van der Waals surface area contributed by atoms with Crippen LogP contribution in [0.2, 0.25) is 0 Å². The van der Waals surface area contributed by atoms with Gasteiger partial charge < -0.3 is 10.2 Å². The van der Waals surface area contributed by atoms with E-state index in [9.17, 15) is 0 Å². The SMILES string of the molecule is CCCN(C)CCC1(C)CCN1. The van der Waals surface area contributed by atoms with Crippen molar-refractivity contribution in [3.05, 3.63) is 0 Å². The zero-order chi connectivity index (χ0) is 9.03. The summed E-state index contributed by atoms with van der Waals surface area (Å²) in [5, 5.41) is 3.49. The van der Waals surface area contributed by atoms with Crippen LogP contribution in [0.5, 0.6) is 0 Å². The molecule has 1 saturated heterocycles. The average molecular weight is 170 g/mol. The van der Waals surface area contributed by atoms with Crippen molar-refractivity contribution in [2.45, 2.75) is 38.6 Å². The molecule has 0 saturated carbocycles. The topological polar surface area (TPSA) is 15.3 Å². The summed E-state index contributed by atoms with van der Waals surface area (Å²) in [6, 6.07) is 0. The molecule has 1 aliphatic rings. The van der Waals surface area contributed by atoms with Gasteiger partial charge in [-0.25, -0.2) is 0 Å². The molecule has 1 rings (SSSR count). The molecule has 12 heavy (non-hydrogen) atoms. The first-order valence-corrected chi connectivity index (χ1v) is 5.10. The Morgan fingerprint density at radius 1 is 1.42 bits per heavy atom. The number of nitrogens with one attached hydrogen (secondary N) is 1. The summed E-state index contributed by atoms with van der Waals surface area (Å²) >= 11 is 0. The first-order valence-electron chi connectivity index (χ1n) is 5.10. The Kier molecular flexibility index (Phi) is 3.53. The van der Waals surface area contributed by atoms with E-state index in [4.69, 9.17) is 0 Å². The lowest BCUT2D eigenvalue weighted by Gasteiger charge is -2.41. The quantitative estimate of drug-likeness (QED) is 0.672. The lowest BCUT2D eigenvalue weighted by atomic mass is 9.87. The molecule has 72 valence electrons. The summed E-state index contributed by atoms with van der Waals surface area (Å²) < 4.78 is 0. The molecule has 0 aromatic carbocycles. The van der Waals surface area contributed by atoms with Crippen molar-refractivity contribution >= 4 is 0 Å². The summed E-state index contributed by atoms with van der Waals surface area (Å²) in [6.45, 7) is 8.25. The van der Waals surface area contributed by atoms with E-state index in [0.29, 0.717) is 5.54 Å². The van der Waals surface area contributed by atoms with Gasteiger partial charge in [0.25, 0.3) is 0 Å². The van der Waals surface area contributed by atoms with Gasteiger partial charge >= 0.3 is 0 Å². The summed E-state index contributed by atoms with van der Waals surface area (Å²) in [5.41, 5.74) is 0.460. The van der Waals surface area contributed by atoms with Crippen molar-refractivity contribution in [1.82, 2.24) is 10.2 Å². The van der Waals surface area contributed by atoms with Crippen molar-refractivity contribution in [3.63, 3.8) is 0 Å². The Morgan fingerprint density at radius 2 is 2.08 bits per heavy atom. The largest absolute Gasteiger partial charge is 0.311 e. The van der Waals surface area contributed by atoms with Gasteiger partial charge in [0, 0.05) is 5.54 Å². The van der Waals surface area contributed by atoms with Gasteiger partial charge in [-0.1, -0.05) is 6.92 Å².